The van der Waals surface area contributed by atoms with Crippen LogP contribution in [0.25, 0.3) is 21.5 Å². The number of nitrogens with two attached hydrogens (primary N) is 1. The molecule has 0 spiro atoms. The topological polar surface area (TPSA) is 72.0 Å². The number of phenolic OH excluding ortho intramolecular Hbond substituents is 1. The van der Waals surface area contributed by atoms with Crippen LogP contribution in [-0.2, 0) is 0 Å². The average Bonchev–Trinajstić information content (AvgIpc) is 2.75. The van der Waals surface area contributed by atoms with Crippen LogP contribution >= 0.6 is 34.5 Å². The second-order valence-electron chi connectivity index (χ2n) is 3.85. The molecule has 0 unspecified atom stereocenters. The standard InChI is InChI=1S/C12H7Cl2N3OS/c13-5-3-7(14)9(8(18)4-5)10-6-1-2-19-11(6)17-12(15)16-10/h1-4,18H,(H2,15,16,17). The number of fused-ring (bicyclic) bond motifs is 1. The molecule has 0 saturated carbocycles. The van der Waals surface area contributed by atoms with Gasteiger partial charge in [0.25, 0.3) is 0 Å². The fraction of sp³-hybridized carbons (Fsp3) is 0. The van der Waals surface area contributed by atoms with E-state index in [0.29, 0.717) is 21.3 Å². The van der Waals surface area contributed by atoms with E-state index in [1.807, 2.05) is 11.4 Å². The summed E-state index contributed by atoms with van der Waals surface area (Å²) in [5.74, 6) is 0.0958. The quantitative estimate of drug-likeness (QED) is 0.713. The summed E-state index contributed by atoms with van der Waals surface area (Å²) < 4.78 is 0. The van der Waals surface area contributed by atoms with E-state index in [-0.39, 0.29) is 11.7 Å². The van der Waals surface area contributed by atoms with Gasteiger partial charge in [0.05, 0.1) is 16.3 Å². The molecule has 0 aliphatic carbocycles. The van der Waals surface area contributed by atoms with Crippen molar-refractivity contribution >= 4 is 50.7 Å². The number of aromatic nitrogens is 2. The number of rotatable bonds is 1. The monoisotopic (exact) mass is 311 g/mol. The van der Waals surface area contributed by atoms with E-state index >= 15 is 0 Å². The predicted octanol–water partition coefficient (Wildman–Crippen LogP) is 3.95. The molecule has 4 nitrogen and oxygen atoms in total. The third kappa shape index (κ3) is 2.10. The normalized spacial score (nSPS) is 11.1. The number of hydrogen-bond acceptors (Lipinski definition) is 5. The van der Waals surface area contributed by atoms with Gasteiger partial charge in [-0.05, 0) is 23.6 Å². The zero-order chi connectivity index (χ0) is 13.6. The van der Waals surface area contributed by atoms with E-state index in [1.165, 1.54) is 17.4 Å². The van der Waals surface area contributed by atoms with E-state index in [9.17, 15) is 5.11 Å². The Bertz CT molecular complexity index is 765. The van der Waals surface area contributed by atoms with Crippen LogP contribution < -0.4 is 5.73 Å². The van der Waals surface area contributed by atoms with Crippen LogP contribution in [0, 0.1) is 0 Å². The van der Waals surface area contributed by atoms with Gasteiger partial charge in [-0.2, -0.15) is 0 Å². The van der Waals surface area contributed by atoms with Gasteiger partial charge in [-0.1, -0.05) is 23.2 Å². The minimum atomic E-state index is -0.0388. The summed E-state index contributed by atoms with van der Waals surface area (Å²) in [5, 5.41) is 13.4. The third-order valence-electron chi connectivity index (χ3n) is 2.61. The Balaban J connectivity index is 2.39. The zero-order valence-electron chi connectivity index (χ0n) is 9.39. The molecule has 3 aromatic rings. The molecule has 7 heteroatoms. The third-order valence-corrected chi connectivity index (χ3v) is 3.94. The number of phenols is 1. The van der Waals surface area contributed by atoms with E-state index in [1.54, 1.807) is 6.07 Å². The van der Waals surface area contributed by atoms with Crippen molar-refractivity contribution in [2.75, 3.05) is 5.73 Å². The maximum atomic E-state index is 10.0. The van der Waals surface area contributed by atoms with Crippen molar-refractivity contribution in [1.82, 2.24) is 9.97 Å². The first-order valence-electron chi connectivity index (χ1n) is 5.25. The zero-order valence-corrected chi connectivity index (χ0v) is 11.7. The fourth-order valence-corrected chi connectivity index (χ4v) is 3.20. The van der Waals surface area contributed by atoms with Crippen LogP contribution in [-0.4, -0.2) is 15.1 Å². The molecule has 96 valence electrons. The molecule has 0 fully saturated rings. The lowest BCUT2D eigenvalue weighted by molar-refractivity contribution is 0.477. The Kier molecular flexibility index (Phi) is 2.97. The largest absolute Gasteiger partial charge is 0.507 e. The summed E-state index contributed by atoms with van der Waals surface area (Å²) in [6, 6.07) is 4.83. The van der Waals surface area contributed by atoms with E-state index in [0.717, 1.165) is 10.2 Å². The van der Waals surface area contributed by atoms with Gasteiger partial charge < -0.3 is 10.8 Å². The minimum Gasteiger partial charge on any atom is -0.507 e. The highest BCUT2D eigenvalue weighted by molar-refractivity contribution is 7.16. The number of nitrogen functional groups attached to an aromatic ring is 1. The van der Waals surface area contributed by atoms with Gasteiger partial charge in [-0.15, -0.1) is 11.3 Å². The highest BCUT2D eigenvalue weighted by Gasteiger charge is 2.17. The molecule has 2 heterocycles. The molecular formula is C12H7Cl2N3OS. The summed E-state index contributed by atoms with van der Waals surface area (Å²) in [5.41, 5.74) is 6.59. The minimum absolute atomic E-state index is 0.0388. The van der Waals surface area contributed by atoms with Gasteiger partial charge in [0, 0.05) is 10.4 Å². The molecule has 3 rings (SSSR count). The molecule has 0 aliphatic rings. The highest BCUT2D eigenvalue weighted by Crippen LogP contribution is 2.41. The molecule has 0 aliphatic heterocycles. The van der Waals surface area contributed by atoms with Gasteiger partial charge >= 0.3 is 0 Å². The van der Waals surface area contributed by atoms with Gasteiger partial charge in [-0.3, -0.25) is 0 Å². The second-order valence-corrected chi connectivity index (χ2v) is 5.59. The molecule has 0 saturated heterocycles. The van der Waals surface area contributed by atoms with Crippen molar-refractivity contribution in [2.24, 2.45) is 0 Å². The lowest BCUT2D eigenvalue weighted by Gasteiger charge is -2.09. The van der Waals surface area contributed by atoms with E-state index < -0.39 is 0 Å². The van der Waals surface area contributed by atoms with Crippen molar-refractivity contribution in [2.45, 2.75) is 0 Å². The van der Waals surface area contributed by atoms with Crippen LogP contribution in [0.3, 0.4) is 0 Å². The molecule has 1 aromatic carbocycles. The Hall–Kier alpha value is -1.56. The molecule has 0 radical (unpaired) electrons. The van der Waals surface area contributed by atoms with Crippen molar-refractivity contribution in [3.05, 3.63) is 33.6 Å². The number of halogens is 2. The van der Waals surface area contributed by atoms with E-state index in [4.69, 9.17) is 28.9 Å². The first-order valence-corrected chi connectivity index (χ1v) is 6.89. The SMILES string of the molecule is Nc1nc(-c2c(O)cc(Cl)cc2Cl)c2ccsc2n1. The van der Waals surface area contributed by atoms with Gasteiger partial charge in [-0.25, -0.2) is 9.97 Å². The summed E-state index contributed by atoms with van der Waals surface area (Å²) >= 11 is 13.4. The Morgan fingerprint density at radius 2 is 2.00 bits per heavy atom. The molecule has 19 heavy (non-hydrogen) atoms. The summed E-state index contributed by atoms with van der Waals surface area (Å²) in [6.45, 7) is 0. The number of anilines is 1. The Morgan fingerprint density at radius 1 is 1.21 bits per heavy atom. The average molecular weight is 312 g/mol. The van der Waals surface area contributed by atoms with Crippen LogP contribution in [0.4, 0.5) is 5.95 Å². The molecular weight excluding hydrogens is 305 g/mol. The first-order chi connectivity index (χ1) is 9.06. The van der Waals surface area contributed by atoms with E-state index in [2.05, 4.69) is 9.97 Å². The van der Waals surface area contributed by atoms with Crippen molar-refractivity contribution < 1.29 is 5.11 Å². The van der Waals surface area contributed by atoms with Crippen molar-refractivity contribution in [3.63, 3.8) is 0 Å². The molecule has 0 amide bonds. The van der Waals surface area contributed by atoms with Gasteiger partial charge in [0.1, 0.15) is 10.6 Å². The van der Waals surface area contributed by atoms with Crippen molar-refractivity contribution in [1.29, 1.82) is 0 Å². The fourth-order valence-electron chi connectivity index (χ4n) is 1.86. The molecule has 3 N–H and O–H groups in total. The van der Waals surface area contributed by atoms with Crippen LogP contribution in [0.2, 0.25) is 10.0 Å². The first kappa shape index (κ1) is 12.5. The number of nitrogens with zero attached hydrogens (tertiary/aromatic N) is 2. The maximum absolute atomic E-state index is 10.0. The van der Waals surface area contributed by atoms with Gasteiger partial charge in [0.15, 0.2) is 0 Å². The lowest BCUT2D eigenvalue weighted by Crippen LogP contribution is -1.97. The van der Waals surface area contributed by atoms with Crippen LogP contribution in [0.5, 0.6) is 5.75 Å². The Morgan fingerprint density at radius 3 is 2.74 bits per heavy atom. The predicted molar refractivity (Wildman–Crippen MR) is 78.9 cm³/mol. The number of thiophene rings is 1. The maximum Gasteiger partial charge on any atom is 0.221 e. The lowest BCUT2D eigenvalue weighted by atomic mass is 10.1. The Labute approximate surface area is 122 Å². The molecule has 0 bridgehead atoms. The number of benzene rings is 1. The number of hydrogen-bond donors (Lipinski definition) is 2. The van der Waals surface area contributed by atoms with Crippen molar-refractivity contribution in [3.8, 4) is 17.0 Å². The summed E-state index contributed by atoms with van der Waals surface area (Å²) in [4.78, 5) is 9.06. The van der Waals surface area contributed by atoms with Crippen LogP contribution in [0.15, 0.2) is 23.6 Å². The van der Waals surface area contributed by atoms with Crippen LogP contribution in [0.1, 0.15) is 0 Å². The molecule has 0 atom stereocenters. The summed E-state index contributed by atoms with van der Waals surface area (Å²) in [6.07, 6.45) is 0. The highest BCUT2D eigenvalue weighted by atomic mass is 35.5. The van der Waals surface area contributed by atoms with Gasteiger partial charge in [0.2, 0.25) is 5.95 Å². The molecule has 2 aromatic heterocycles. The summed E-state index contributed by atoms with van der Waals surface area (Å²) in [7, 11) is 0. The smallest absolute Gasteiger partial charge is 0.221 e. The second kappa shape index (κ2) is 4.52. The number of aromatic hydroxyl groups is 1.